The molecule has 3 aromatic rings. The molecule has 0 unspecified atom stereocenters. The monoisotopic (exact) mass is 212 g/mol. The Balaban J connectivity index is 2.41. The van der Waals surface area contributed by atoms with Crippen molar-refractivity contribution in [1.29, 1.82) is 0 Å². The largest absolute Gasteiger partial charge is 0.385 e. The third kappa shape index (κ3) is 1.29. The van der Waals surface area contributed by atoms with Crippen LogP contribution in [-0.2, 0) is 0 Å². The van der Waals surface area contributed by atoms with E-state index in [9.17, 15) is 5.11 Å². The predicted molar refractivity (Wildman–Crippen MR) is 64.2 cm³/mol. The maximum atomic E-state index is 9.50. The van der Waals surface area contributed by atoms with Crippen LogP contribution >= 0.6 is 0 Å². The van der Waals surface area contributed by atoms with Gasteiger partial charge < -0.3 is 10.1 Å². The molecule has 3 nitrogen and oxygen atoms in total. The first-order chi connectivity index (χ1) is 7.75. The second-order valence-corrected chi connectivity index (χ2v) is 3.98. The Bertz CT molecular complexity index is 655. The van der Waals surface area contributed by atoms with Crippen LogP contribution in [0.2, 0.25) is 0 Å². The summed E-state index contributed by atoms with van der Waals surface area (Å²) in [5.74, 6) is 0.617. The molecule has 0 spiro atoms. The summed E-state index contributed by atoms with van der Waals surface area (Å²) in [6, 6.07) is 12.2. The second kappa shape index (κ2) is 3.32. The topological polar surface area (TPSA) is 48.9 Å². The van der Waals surface area contributed by atoms with E-state index in [4.69, 9.17) is 0 Å². The molecule has 0 saturated heterocycles. The van der Waals surface area contributed by atoms with Gasteiger partial charge in [-0.2, -0.15) is 0 Å². The number of aromatic nitrogens is 2. The summed E-state index contributed by atoms with van der Waals surface area (Å²) in [6.45, 7) is 1.71. The maximum absolute atomic E-state index is 9.50. The molecule has 1 aromatic heterocycles. The summed E-state index contributed by atoms with van der Waals surface area (Å²) in [5, 5.41) is 11.8. The Morgan fingerprint density at radius 1 is 1.19 bits per heavy atom. The number of H-pyrrole nitrogens is 1. The second-order valence-electron chi connectivity index (χ2n) is 3.98. The molecule has 0 aliphatic carbocycles. The Morgan fingerprint density at radius 2 is 2.00 bits per heavy atom. The van der Waals surface area contributed by atoms with E-state index >= 15 is 0 Å². The molecule has 16 heavy (non-hydrogen) atoms. The van der Waals surface area contributed by atoms with Crippen molar-refractivity contribution in [3.05, 3.63) is 42.2 Å². The highest BCUT2D eigenvalue weighted by atomic mass is 16.3. The average molecular weight is 212 g/mol. The first-order valence-corrected chi connectivity index (χ1v) is 5.31. The van der Waals surface area contributed by atoms with Gasteiger partial charge in [0.15, 0.2) is 0 Å². The van der Waals surface area contributed by atoms with Gasteiger partial charge in [-0.25, -0.2) is 4.98 Å². The number of aromatic amines is 1. The van der Waals surface area contributed by atoms with Crippen LogP contribution in [0, 0.1) is 0 Å². The minimum absolute atomic E-state index is 0.564. The minimum atomic E-state index is -0.564. The molecule has 0 bridgehead atoms. The summed E-state index contributed by atoms with van der Waals surface area (Å²) in [6.07, 6.45) is -0.564. The summed E-state index contributed by atoms with van der Waals surface area (Å²) in [7, 11) is 0. The Labute approximate surface area is 92.7 Å². The zero-order valence-electron chi connectivity index (χ0n) is 8.94. The third-order valence-corrected chi connectivity index (χ3v) is 2.79. The summed E-state index contributed by atoms with van der Waals surface area (Å²) in [4.78, 5) is 7.56. The van der Waals surface area contributed by atoms with Gasteiger partial charge in [0.25, 0.3) is 0 Å². The lowest BCUT2D eigenvalue weighted by atomic mass is 10.1. The molecule has 2 aromatic carbocycles. The van der Waals surface area contributed by atoms with Crippen molar-refractivity contribution in [3.63, 3.8) is 0 Å². The minimum Gasteiger partial charge on any atom is -0.385 e. The standard InChI is InChI=1S/C13H12N2O/c1-8(16)13-14-11-7-6-9-4-2-3-5-10(9)12(11)15-13/h2-8,16H,1H3,(H,14,15)/t8-/m1/s1. The van der Waals surface area contributed by atoms with Crippen LogP contribution in [0.3, 0.4) is 0 Å². The van der Waals surface area contributed by atoms with Gasteiger partial charge in [0.1, 0.15) is 11.9 Å². The highest BCUT2D eigenvalue weighted by Gasteiger charge is 2.09. The van der Waals surface area contributed by atoms with Crippen molar-refractivity contribution in [3.8, 4) is 0 Å². The first-order valence-electron chi connectivity index (χ1n) is 5.31. The Kier molecular flexibility index (Phi) is 1.94. The fraction of sp³-hybridized carbons (Fsp3) is 0.154. The third-order valence-electron chi connectivity index (χ3n) is 2.79. The molecule has 0 aliphatic rings. The zero-order chi connectivity index (χ0) is 11.1. The van der Waals surface area contributed by atoms with Crippen LogP contribution in [-0.4, -0.2) is 15.1 Å². The van der Waals surface area contributed by atoms with E-state index in [0.717, 1.165) is 16.4 Å². The van der Waals surface area contributed by atoms with Gasteiger partial charge in [0.2, 0.25) is 0 Å². The normalized spacial score (nSPS) is 13.4. The number of imidazole rings is 1. The first kappa shape index (κ1) is 9.36. The van der Waals surface area contributed by atoms with Crippen molar-refractivity contribution >= 4 is 21.8 Å². The average Bonchev–Trinajstić information content (AvgIpc) is 2.73. The van der Waals surface area contributed by atoms with Crippen LogP contribution < -0.4 is 0 Å². The van der Waals surface area contributed by atoms with Crippen molar-refractivity contribution in [2.24, 2.45) is 0 Å². The fourth-order valence-corrected chi connectivity index (χ4v) is 1.96. The molecule has 0 fully saturated rings. The quantitative estimate of drug-likeness (QED) is 0.651. The SMILES string of the molecule is C[C@@H](O)c1nc2c(ccc3ccccc32)[nH]1. The van der Waals surface area contributed by atoms with Gasteiger partial charge in [-0.05, 0) is 18.4 Å². The number of rotatable bonds is 1. The lowest BCUT2D eigenvalue weighted by Crippen LogP contribution is -1.92. The Morgan fingerprint density at radius 3 is 2.81 bits per heavy atom. The van der Waals surface area contributed by atoms with Gasteiger partial charge >= 0.3 is 0 Å². The molecular formula is C13H12N2O. The fourth-order valence-electron chi connectivity index (χ4n) is 1.96. The van der Waals surface area contributed by atoms with Crippen LogP contribution in [0.25, 0.3) is 21.8 Å². The number of hydrogen-bond acceptors (Lipinski definition) is 2. The van der Waals surface area contributed by atoms with Crippen LogP contribution in [0.1, 0.15) is 18.9 Å². The molecule has 80 valence electrons. The van der Waals surface area contributed by atoms with E-state index in [-0.39, 0.29) is 0 Å². The van der Waals surface area contributed by atoms with Gasteiger partial charge in [-0.15, -0.1) is 0 Å². The molecule has 2 N–H and O–H groups in total. The molecule has 0 radical (unpaired) electrons. The van der Waals surface area contributed by atoms with E-state index < -0.39 is 6.10 Å². The van der Waals surface area contributed by atoms with Crippen molar-refractivity contribution in [2.75, 3.05) is 0 Å². The van der Waals surface area contributed by atoms with Gasteiger partial charge in [0, 0.05) is 5.39 Å². The van der Waals surface area contributed by atoms with Gasteiger partial charge in [-0.3, -0.25) is 0 Å². The molecule has 0 aliphatic heterocycles. The molecule has 1 atom stereocenters. The van der Waals surface area contributed by atoms with Crippen molar-refractivity contribution in [2.45, 2.75) is 13.0 Å². The van der Waals surface area contributed by atoms with Crippen LogP contribution in [0.4, 0.5) is 0 Å². The van der Waals surface area contributed by atoms with Crippen LogP contribution in [0.5, 0.6) is 0 Å². The van der Waals surface area contributed by atoms with E-state index in [2.05, 4.69) is 22.1 Å². The molecule has 3 rings (SSSR count). The molecule has 0 saturated carbocycles. The number of nitrogens with zero attached hydrogens (tertiary/aromatic N) is 1. The van der Waals surface area contributed by atoms with E-state index in [1.54, 1.807) is 6.92 Å². The lowest BCUT2D eigenvalue weighted by molar-refractivity contribution is 0.190. The van der Waals surface area contributed by atoms with Gasteiger partial charge in [-0.1, -0.05) is 30.3 Å². The van der Waals surface area contributed by atoms with Crippen molar-refractivity contribution in [1.82, 2.24) is 9.97 Å². The summed E-state index contributed by atoms with van der Waals surface area (Å²) >= 11 is 0. The smallest absolute Gasteiger partial charge is 0.135 e. The van der Waals surface area contributed by atoms with E-state index in [1.165, 1.54) is 5.39 Å². The maximum Gasteiger partial charge on any atom is 0.135 e. The zero-order valence-corrected chi connectivity index (χ0v) is 8.94. The number of hydrogen-bond donors (Lipinski definition) is 2. The van der Waals surface area contributed by atoms with E-state index in [1.807, 2.05) is 24.3 Å². The molecular weight excluding hydrogens is 200 g/mol. The highest BCUT2D eigenvalue weighted by molar-refractivity contribution is 6.04. The number of fused-ring (bicyclic) bond motifs is 3. The van der Waals surface area contributed by atoms with Gasteiger partial charge in [0.05, 0.1) is 11.0 Å². The molecule has 1 heterocycles. The highest BCUT2D eigenvalue weighted by Crippen LogP contribution is 2.24. The number of benzene rings is 2. The lowest BCUT2D eigenvalue weighted by Gasteiger charge is -1.96. The van der Waals surface area contributed by atoms with Crippen molar-refractivity contribution < 1.29 is 5.11 Å². The van der Waals surface area contributed by atoms with E-state index in [0.29, 0.717) is 5.82 Å². The number of nitrogens with one attached hydrogen (secondary N) is 1. The Hall–Kier alpha value is -1.87. The summed E-state index contributed by atoms with van der Waals surface area (Å²) < 4.78 is 0. The van der Waals surface area contributed by atoms with Crippen LogP contribution in [0.15, 0.2) is 36.4 Å². The molecule has 0 amide bonds. The number of aliphatic hydroxyl groups excluding tert-OH is 1. The summed E-state index contributed by atoms with van der Waals surface area (Å²) in [5.41, 5.74) is 1.89. The molecule has 3 heteroatoms. The predicted octanol–water partition coefficient (Wildman–Crippen LogP) is 2.77. The number of aliphatic hydroxyl groups is 1.